The molecule has 1 aliphatic carbocycles. The molecule has 6 rings (SSSR count). The molecule has 1 unspecified atom stereocenters. The van der Waals surface area contributed by atoms with Crippen LogP contribution in [0.25, 0.3) is 0 Å². The van der Waals surface area contributed by atoms with Crippen molar-refractivity contribution in [3.05, 3.63) is 116 Å². The van der Waals surface area contributed by atoms with Gasteiger partial charge in [0.05, 0.1) is 17.5 Å². The molecule has 3 heterocycles. The van der Waals surface area contributed by atoms with E-state index >= 15 is 0 Å². The molecule has 1 aliphatic heterocycles. The summed E-state index contributed by atoms with van der Waals surface area (Å²) in [6, 6.07) is 16.0. The van der Waals surface area contributed by atoms with Crippen LogP contribution in [-0.2, 0) is 40.0 Å². The summed E-state index contributed by atoms with van der Waals surface area (Å²) >= 11 is 10.0. The van der Waals surface area contributed by atoms with E-state index in [1.165, 1.54) is 4.31 Å². The number of halogens is 2. The van der Waals surface area contributed by atoms with Gasteiger partial charge in [0, 0.05) is 60.8 Å². The lowest BCUT2D eigenvalue weighted by Gasteiger charge is -2.43. The molecular weight excluding hydrogens is 664 g/mol. The highest BCUT2D eigenvalue weighted by Gasteiger charge is 2.42. The number of aryl methyl sites for hydroxylation is 3. The first-order chi connectivity index (χ1) is 21.2. The number of hydrogen-bond donors (Lipinski definition) is 1. The van der Waals surface area contributed by atoms with E-state index in [0.717, 1.165) is 45.5 Å². The van der Waals surface area contributed by atoms with Gasteiger partial charge in [0.15, 0.2) is 0 Å². The average Bonchev–Trinajstić information content (AvgIpc) is 3.34. The molecule has 1 amide bonds. The van der Waals surface area contributed by atoms with Gasteiger partial charge >= 0.3 is 0 Å². The first-order valence-electron chi connectivity index (χ1n) is 14.6. The molecule has 9 nitrogen and oxygen atoms in total. The number of rotatable bonds is 8. The van der Waals surface area contributed by atoms with Crippen LogP contribution in [0, 0.1) is 6.92 Å². The third-order valence-corrected chi connectivity index (χ3v) is 11.0. The van der Waals surface area contributed by atoms with Gasteiger partial charge in [0.2, 0.25) is 15.9 Å². The predicted octanol–water partition coefficient (Wildman–Crippen LogP) is 4.52. The molecule has 44 heavy (non-hydrogen) atoms. The summed E-state index contributed by atoms with van der Waals surface area (Å²) in [6.45, 7) is 3.62. The molecule has 1 N–H and O–H groups in total. The van der Waals surface area contributed by atoms with Gasteiger partial charge in [-0.25, -0.2) is 13.4 Å². The van der Waals surface area contributed by atoms with Gasteiger partial charge in [0.25, 0.3) is 0 Å². The van der Waals surface area contributed by atoms with Crippen molar-refractivity contribution in [2.24, 2.45) is 0 Å². The Bertz CT molecular complexity index is 1710. The Morgan fingerprint density at radius 2 is 1.86 bits per heavy atom. The molecule has 1 fully saturated rings. The zero-order valence-electron chi connectivity index (χ0n) is 24.4. The van der Waals surface area contributed by atoms with Crippen LogP contribution in [0.3, 0.4) is 0 Å². The second-order valence-electron chi connectivity index (χ2n) is 11.3. The highest BCUT2D eigenvalue weighted by atomic mass is 79.9. The maximum absolute atomic E-state index is 13.9. The molecule has 230 valence electrons. The van der Waals surface area contributed by atoms with E-state index in [4.69, 9.17) is 16.6 Å². The lowest BCUT2D eigenvalue weighted by Crippen LogP contribution is -2.61. The molecule has 2 aliphatic rings. The van der Waals surface area contributed by atoms with E-state index < -0.39 is 16.1 Å². The fraction of sp³-hybridized carbons (Fsp3) is 0.344. The fourth-order valence-electron chi connectivity index (χ4n) is 6.28. The third-order valence-electron chi connectivity index (χ3n) is 8.45. The van der Waals surface area contributed by atoms with Gasteiger partial charge in [-0.15, -0.1) is 0 Å². The predicted molar refractivity (Wildman–Crippen MR) is 174 cm³/mol. The first kappa shape index (κ1) is 30.9. The van der Waals surface area contributed by atoms with Crippen LogP contribution in [0.4, 0.5) is 0 Å². The van der Waals surface area contributed by atoms with Crippen LogP contribution in [-0.4, -0.2) is 70.3 Å². The summed E-state index contributed by atoms with van der Waals surface area (Å²) in [5, 5.41) is 3.68. The van der Waals surface area contributed by atoms with Crippen LogP contribution in [0.1, 0.15) is 39.8 Å². The number of imidazole rings is 1. The van der Waals surface area contributed by atoms with E-state index in [-0.39, 0.29) is 30.8 Å². The summed E-state index contributed by atoms with van der Waals surface area (Å²) in [7, 11) is -3.81. The second-order valence-corrected chi connectivity index (χ2v) is 14.5. The normalized spacial score (nSPS) is 19.2. The summed E-state index contributed by atoms with van der Waals surface area (Å²) < 4.78 is 32.0. The minimum atomic E-state index is -3.81. The summed E-state index contributed by atoms with van der Waals surface area (Å²) in [5.74, 6) is 0.354. The van der Waals surface area contributed by atoms with Crippen molar-refractivity contribution in [3.63, 3.8) is 0 Å². The van der Waals surface area contributed by atoms with Gasteiger partial charge in [-0.05, 0) is 76.1 Å². The number of piperazine rings is 1. The van der Waals surface area contributed by atoms with Crippen LogP contribution in [0.2, 0.25) is 5.02 Å². The summed E-state index contributed by atoms with van der Waals surface area (Å²) in [4.78, 5) is 25.2. The Balaban J connectivity index is 1.33. The molecule has 2 aromatic carbocycles. The highest BCUT2D eigenvalue weighted by Crippen LogP contribution is 2.39. The molecule has 0 spiro atoms. The number of nitrogens with zero attached hydrogens (tertiary/aromatic N) is 5. The lowest BCUT2D eigenvalue weighted by atomic mass is 9.95. The van der Waals surface area contributed by atoms with E-state index in [1.807, 2.05) is 54.1 Å². The maximum atomic E-state index is 13.9. The number of carbonyl (C=O) groups excluding carboxylic acids is 1. The smallest absolute Gasteiger partial charge is 0.239 e. The average molecular weight is 698 g/mol. The standard InChI is InChI=1S/C32H34BrClN6O3S/c1-22-35-11-13-38(22)14-12-36-32(41)29-20-39(15-16-40(29)44(42,43)21-23-5-3-2-4-6-23)31-28-10-9-27(34)18-24(28)7-8-25-17-26(33)19-37-30(25)31/h2-6,9-11,13,17-19,29,31H,7-8,12,14-16,20-21H2,1H3,(H,36,41)/t29-,31?/m1/s1. The SMILES string of the molecule is Cc1nccn1CCNC(=O)[C@H]1CN(C2c3ccc(Cl)cc3CCc3cc(Br)cnc32)CCN1S(=O)(=O)Cc1ccccc1. The van der Waals surface area contributed by atoms with Crippen molar-refractivity contribution in [3.8, 4) is 0 Å². The van der Waals surface area contributed by atoms with E-state index in [0.29, 0.717) is 30.2 Å². The quantitative estimate of drug-likeness (QED) is 0.291. The van der Waals surface area contributed by atoms with Crippen molar-refractivity contribution in [1.82, 2.24) is 29.1 Å². The number of nitrogens with one attached hydrogen (secondary N) is 1. The van der Waals surface area contributed by atoms with E-state index in [1.54, 1.807) is 24.5 Å². The van der Waals surface area contributed by atoms with E-state index in [2.05, 4.69) is 37.2 Å². The Labute approximate surface area is 271 Å². The molecule has 0 radical (unpaired) electrons. The number of carbonyl (C=O) groups is 1. The van der Waals surface area contributed by atoms with Crippen LogP contribution in [0.5, 0.6) is 0 Å². The van der Waals surface area contributed by atoms with Crippen molar-refractivity contribution < 1.29 is 13.2 Å². The van der Waals surface area contributed by atoms with Crippen LogP contribution < -0.4 is 5.32 Å². The first-order valence-corrected chi connectivity index (χ1v) is 17.4. The van der Waals surface area contributed by atoms with Gasteiger partial charge < -0.3 is 9.88 Å². The number of fused-ring (bicyclic) bond motifs is 2. The molecular formula is C32H34BrClN6O3S. The van der Waals surface area contributed by atoms with Gasteiger partial charge in [-0.3, -0.25) is 14.7 Å². The number of hydrogen-bond acceptors (Lipinski definition) is 6. The Morgan fingerprint density at radius 1 is 1.07 bits per heavy atom. The molecule has 2 atom stereocenters. The molecule has 4 aromatic rings. The van der Waals surface area contributed by atoms with Gasteiger partial charge in [0.1, 0.15) is 11.9 Å². The van der Waals surface area contributed by atoms with Crippen molar-refractivity contribution in [2.45, 2.75) is 44.1 Å². The Morgan fingerprint density at radius 3 is 2.64 bits per heavy atom. The van der Waals surface area contributed by atoms with Crippen LogP contribution >= 0.6 is 27.5 Å². The monoisotopic (exact) mass is 696 g/mol. The molecule has 0 bridgehead atoms. The summed E-state index contributed by atoms with van der Waals surface area (Å²) in [6.07, 6.45) is 6.99. The van der Waals surface area contributed by atoms with Gasteiger partial charge in [-0.1, -0.05) is 48.0 Å². The van der Waals surface area contributed by atoms with Crippen molar-refractivity contribution in [2.75, 3.05) is 26.2 Å². The number of pyridine rings is 1. The minimum Gasteiger partial charge on any atom is -0.353 e. The number of amides is 1. The van der Waals surface area contributed by atoms with Crippen molar-refractivity contribution >= 4 is 43.5 Å². The van der Waals surface area contributed by atoms with Gasteiger partial charge in [-0.2, -0.15) is 4.31 Å². The molecule has 12 heteroatoms. The second kappa shape index (κ2) is 13.1. The number of sulfonamides is 1. The van der Waals surface area contributed by atoms with Crippen molar-refractivity contribution in [1.29, 1.82) is 0 Å². The zero-order valence-corrected chi connectivity index (χ0v) is 27.5. The molecule has 0 saturated carbocycles. The topological polar surface area (TPSA) is 100 Å². The lowest BCUT2D eigenvalue weighted by molar-refractivity contribution is -0.126. The zero-order chi connectivity index (χ0) is 30.8. The largest absolute Gasteiger partial charge is 0.353 e. The molecule has 1 saturated heterocycles. The Kier molecular flexibility index (Phi) is 9.21. The fourth-order valence-corrected chi connectivity index (χ4v) is 8.54. The third kappa shape index (κ3) is 6.62. The minimum absolute atomic E-state index is 0.172. The Hall–Kier alpha value is -3.09. The van der Waals surface area contributed by atoms with Crippen LogP contribution in [0.15, 0.2) is 77.7 Å². The number of aromatic nitrogens is 3. The summed E-state index contributed by atoms with van der Waals surface area (Å²) in [5.41, 5.74) is 4.94. The number of benzene rings is 2. The highest BCUT2D eigenvalue weighted by molar-refractivity contribution is 9.10. The maximum Gasteiger partial charge on any atom is 0.239 e. The molecule has 2 aromatic heterocycles. The van der Waals surface area contributed by atoms with E-state index in [9.17, 15) is 13.2 Å².